The van der Waals surface area contributed by atoms with Gasteiger partial charge in [-0.1, -0.05) is 0 Å². The molecule has 0 aliphatic heterocycles. The number of amides is 1. The van der Waals surface area contributed by atoms with Gasteiger partial charge >= 0.3 is 5.97 Å². The van der Waals surface area contributed by atoms with Gasteiger partial charge in [0.2, 0.25) is 0 Å². The Morgan fingerprint density at radius 1 is 1.41 bits per heavy atom. The predicted octanol–water partition coefficient (Wildman–Crippen LogP) is 1.14. The van der Waals surface area contributed by atoms with Crippen LogP contribution in [0, 0.1) is 0 Å². The van der Waals surface area contributed by atoms with Gasteiger partial charge < -0.3 is 15.2 Å². The van der Waals surface area contributed by atoms with Gasteiger partial charge in [0.1, 0.15) is 11.3 Å². The SMILES string of the molecule is COC(C)(C)C(=O)Nc1ccc(C(=O)O)nc1. The summed E-state index contributed by atoms with van der Waals surface area (Å²) in [5.74, 6) is -1.44. The second-order valence-corrected chi connectivity index (χ2v) is 3.91. The topological polar surface area (TPSA) is 88.5 Å². The number of methoxy groups -OCH3 is 1. The molecule has 0 aliphatic carbocycles. The molecule has 0 atom stereocenters. The molecule has 2 N–H and O–H groups in total. The lowest BCUT2D eigenvalue weighted by atomic mass is 10.1. The highest BCUT2D eigenvalue weighted by Gasteiger charge is 2.26. The van der Waals surface area contributed by atoms with Crippen LogP contribution in [-0.4, -0.2) is 34.7 Å². The number of nitrogens with zero attached hydrogens (tertiary/aromatic N) is 1. The van der Waals surface area contributed by atoms with E-state index in [2.05, 4.69) is 10.3 Å². The molecule has 0 unspecified atom stereocenters. The normalized spacial score (nSPS) is 11.0. The fraction of sp³-hybridized carbons (Fsp3) is 0.364. The third-order valence-electron chi connectivity index (χ3n) is 2.30. The maximum atomic E-state index is 11.7. The summed E-state index contributed by atoms with van der Waals surface area (Å²) in [6.45, 7) is 3.25. The minimum Gasteiger partial charge on any atom is -0.477 e. The summed E-state index contributed by atoms with van der Waals surface area (Å²) < 4.78 is 5.01. The number of nitrogens with one attached hydrogen (secondary N) is 1. The quantitative estimate of drug-likeness (QED) is 0.821. The Kier molecular flexibility index (Phi) is 3.80. The second kappa shape index (κ2) is 4.92. The lowest BCUT2D eigenvalue weighted by Crippen LogP contribution is -2.38. The van der Waals surface area contributed by atoms with Crippen molar-refractivity contribution in [2.24, 2.45) is 0 Å². The van der Waals surface area contributed by atoms with Crippen LogP contribution >= 0.6 is 0 Å². The standard InChI is InChI=1S/C11H14N2O4/c1-11(2,17-3)10(16)13-7-4-5-8(9(14)15)12-6-7/h4-6H,1-3H3,(H,13,16)(H,14,15). The summed E-state index contributed by atoms with van der Waals surface area (Å²) >= 11 is 0. The molecular formula is C11H14N2O4. The molecule has 0 aliphatic rings. The number of aromatic nitrogens is 1. The lowest BCUT2D eigenvalue weighted by Gasteiger charge is -2.21. The number of carbonyl (C=O) groups excluding carboxylic acids is 1. The Morgan fingerprint density at radius 2 is 2.06 bits per heavy atom. The number of carboxylic acids is 1. The van der Waals surface area contributed by atoms with Crippen molar-refractivity contribution < 1.29 is 19.4 Å². The van der Waals surface area contributed by atoms with Crippen LogP contribution < -0.4 is 5.32 Å². The fourth-order valence-electron chi connectivity index (χ4n) is 0.969. The molecule has 6 nitrogen and oxygen atoms in total. The molecule has 1 aromatic heterocycles. The van der Waals surface area contributed by atoms with Crippen LogP contribution in [0.5, 0.6) is 0 Å². The van der Waals surface area contributed by atoms with E-state index in [-0.39, 0.29) is 11.6 Å². The first-order valence-corrected chi connectivity index (χ1v) is 4.93. The third-order valence-corrected chi connectivity index (χ3v) is 2.30. The largest absolute Gasteiger partial charge is 0.477 e. The molecule has 0 spiro atoms. The number of hydrogen-bond acceptors (Lipinski definition) is 4. The molecule has 1 rings (SSSR count). The molecule has 0 radical (unpaired) electrons. The summed E-state index contributed by atoms with van der Waals surface area (Å²) in [7, 11) is 1.44. The summed E-state index contributed by atoms with van der Waals surface area (Å²) in [5, 5.41) is 11.2. The van der Waals surface area contributed by atoms with Gasteiger partial charge in [0.15, 0.2) is 0 Å². The molecule has 17 heavy (non-hydrogen) atoms. The smallest absolute Gasteiger partial charge is 0.354 e. The molecule has 0 bridgehead atoms. The summed E-state index contributed by atoms with van der Waals surface area (Å²) in [6.07, 6.45) is 1.28. The number of anilines is 1. The van der Waals surface area contributed by atoms with Gasteiger partial charge in [0.25, 0.3) is 5.91 Å². The average Bonchev–Trinajstić information content (AvgIpc) is 2.29. The Hall–Kier alpha value is -1.95. The van der Waals surface area contributed by atoms with Crippen molar-refractivity contribution in [1.29, 1.82) is 0 Å². The molecule has 0 saturated heterocycles. The number of pyridine rings is 1. The molecule has 1 aromatic rings. The average molecular weight is 238 g/mol. The first-order chi connectivity index (χ1) is 7.86. The van der Waals surface area contributed by atoms with Gasteiger partial charge in [-0.2, -0.15) is 0 Å². The summed E-state index contributed by atoms with van der Waals surface area (Å²) in [5.41, 5.74) is -0.606. The number of carboxylic acid groups (broad SMARTS) is 1. The van der Waals surface area contributed by atoms with E-state index in [1.54, 1.807) is 13.8 Å². The van der Waals surface area contributed by atoms with Crippen LogP contribution in [0.25, 0.3) is 0 Å². The highest BCUT2D eigenvalue weighted by Crippen LogP contribution is 2.13. The third kappa shape index (κ3) is 3.25. The Labute approximate surface area is 98.6 Å². The van der Waals surface area contributed by atoms with Crippen molar-refractivity contribution >= 4 is 17.6 Å². The zero-order chi connectivity index (χ0) is 13.1. The van der Waals surface area contributed by atoms with Crippen LogP contribution in [0.15, 0.2) is 18.3 Å². The van der Waals surface area contributed by atoms with Gasteiger partial charge in [0, 0.05) is 7.11 Å². The van der Waals surface area contributed by atoms with E-state index >= 15 is 0 Å². The number of rotatable bonds is 4. The molecule has 0 aromatic carbocycles. The molecular weight excluding hydrogens is 224 g/mol. The Bertz CT molecular complexity index is 426. The van der Waals surface area contributed by atoms with E-state index in [1.165, 1.54) is 25.4 Å². The van der Waals surface area contributed by atoms with Crippen LogP contribution in [0.1, 0.15) is 24.3 Å². The first kappa shape index (κ1) is 13.1. The Morgan fingerprint density at radius 3 is 2.47 bits per heavy atom. The zero-order valence-corrected chi connectivity index (χ0v) is 9.85. The number of ether oxygens (including phenoxy) is 1. The van der Waals surface area contributed by atoms with Crippen molar-refractivity contribution in [3.05, 3.63) is 24.0 Å². The molecule has 1 amide bonds. The van der Waals surface area contributed by atoms with Gasteiger partial charge in [0.05, 0.1) is 11.9 Å². The van der Waals surface area contributed by atoms with Gasteiger partial charge in [-0.3, -0.25) is 4.79 Å². The minimum atomic E-state index is -1.11. The van der Waals surface area contributed by atoms with E-state index in [9.17, 15) is 9.59 Å². The highest BCUT2D eigenvalue weighted by molar-refractivity contribution is 5.96. The van der Waals surface area contributed by atoms with Crippen LogP contribution in [0.4, 0.5) is 5.69 Å². The minimum absolute atomic E-state index is 0.0750. The van der Waals surface area contributed by atoms with Gasteiger partial charge in [-0.05, 0) is 26.0 Å². The van der Waals surface area contributed by atoms with Crippen LogP contribution in [0.2, 0.25) is 0 Å². The predicted molar refractivity (Wildman–Crippen MR) is 60.9 cm³/mol. The number of carbonyl (C=O) groups is 2. The van der Waals surface area contributed by atoms with Crippen LogP contribution in [-0.2, 0) is 9.53 Å². The second-order valence-electron chi connectivity index (χ2n) is 3.91. The molecule has 1 heterocycles. The fourth-order valence-corrected chi connectivity index (χ4v) is 0.969. The van der Waals surface area contributed by atoms with E-state index in [0.29, 0.717) is 5.69 Å². The van der Waals surface area contributed by atoms with Crippen molar-refractivity contribution in [2.45, 2.75) is 19.4 Å². The van der Waals surface area contributed by atoms with E-state index < -0.39 is 11.6 Å². The molecule has 92 valence electrons. The van der Waals surface area contributed by atoms with Gasteiger partial charge in [-0.25, -0.2) is 9.78 Å². The first-order valence-electron chi connectivity index (χ1n) is 4.93. The van der Waals surface area contributed by atoms with E-state index in [1.807, 2.05) is 0 Å². The van der Waals surface area contributed by atoms with Crippen molar-refractivity contribution in [3.63, 3.8) is 0 Å². The highest BCUT2D eigenvalue weighted by atomic mass is 16.5. The number of hydrogen-bond donors (Lipinski definition) is 2. The van der Waals surface area contributed by atoms with E-state index in [4.69, 9.17) is 9.84 Å². The maximum absolute atomic E-state index is 11.7. The summed E-state index contributed by atoms with van der Waals surface area (Å²) in [4.78, 5) is 26.0. The van der Waals surface area contributed by atoms with Crippen molar-refractivity contribution in [1.82, 2.24) is 4.98 Å². The Balaban J connectivity index is 2.76. The monoisotopic (exact) mass is 238 g/mol. The van der Waals surface area contributed by atoms with Crippen LogP contribution in [0.3, 0.4) is 0 Å². The van der Waals surface area contributed by atoms with E-state index in [0.717, 1.165) is 0 Å². The number of aromatic carboxylic acids is 1. The van der Waals surface area contributed by atoms with Gasteiger partial charge in [-0.15, -0.1) is 0 Å². The lowest BCUT2D eigenvalue weighted by molar-refractivity contribution is -0.133. The molecule has 6 heteroatoms. The summed E-state index contributed by atoms with van der Waals surface area (Å²) in [6, 6.07) is 2.79. The van der Waals surface area contributed by atoms with Crippen molar-refractivity contribution in [2.75, 3.05) is 12.4 Å². The maximum Gasteiger partial charge on any atom is 0.354 e. The zero-order valence-electron chi connectivity index (χ0n) is 9.85. The molecule has 0 fully saturated rings. The molecule has 0 saturated carbocycles. The van der Waals surface area contributed by atoms with Crippen molar-refractivity contribution in [3.8, 4) is 0 Å².